The number of benzene rings is 1. The molecule has 3 amide bonds. The number of amides is 3. The van der Waals surface area contributed by atoms with Crippen molar-refractivity contribution in [3.63, 3.8) is 0 Å². The Morgan fingerprint density at radius 1 is 1.09 bits per heavy atom. The van der Waals surface area contributed by atoms with Crippen molar-refractivity contribution >= 4 is 35.2 Å². The number of nitrogens with zero attached hydrogens (tertiary/aromatic N) is 6. The van der Waals surface area contributed by atoms with E-state index in [-0.39, 0.29) is 30.6 Å². The Morgan fingerprint density at radius 3 is 2.49 bits per heavy atom. The van der Waals surface area contributed by atoms with Crippen LogP contribution < -0.4 is 20.9 Å². The second-order valence-corrected chi connectivity index (χ2v) is 11.4. The molecule has 2 fully saturated rings. The van der Waals surface area contributed by atoms with Crippen molar-refractivity contribution in [2.75, 3.05) is 89.0 Å². The minimum atomic E-state index is -1.15. The van der Waals surface area contributed by atoms with Crippen molar-refractivity contribution in [2.45, 2.75) is 25.3 Å². The van der Waals surface area contributed by atoms with Crippen LogP contribution in [0.5, 0.6) is 0 Å². The van der Waals surface area contributed by atoms with E-state index in [1.807, 2.05) is 26.0 Å². The lowest BCUT2D eigenvalue weighted by molar-refractivity contribution is -0.142. The average Bonchev–Trinajstić information content (AvgIpc) is 2.98. The molecule has 0 aliphatic carbocycles. The Kier molecular flexibility index (Phi) is 11.1. The second-order valence-electron chi connectivity index (χ2n) is 11.4. The van der Waals surface area contributed by atoms with E-state index in [0.717, 1.165) is 13.1 Å². The highest BCUT2D eigenvalue weighted by Gasteiger charge is 2.31. The predicted molar refractivity (Wildman–Crippen MR) is 162 cm³/mol. The van der Waals surface area contributed by atoms with Crippen molar-refractivity contribution < 1.29 is 23.9 Å². The van der Waals surface area contributed by atoms with Crippen LogP contribution in [-0.2, 0) is 16.0 Å². The first-order chi connectivity index (χ1) is 20.6. The largest absolute Gasteiger partial charge is 0.480 e. The molecule has 2 aliphatic heterocycles. The van der Waals surface area contributed by atoms with Crippen LogP contribution >= 0.6 is 0 Å². The molecule has 14 heteroatoms. The summed E-state index contributed by atoms with van der Waals surface area (Å²) < 4.78 is 15.2. The number of halogens is 1. The number of urea groups is 1. The normalized spacial score (nSPS) is 18.3. The van der Waals surface area contributed by atoms with E-state index in [1.54, 1.807) is 34.1 Å². The first kappa shape index (κ1) is 31.9. The lowest BCUT2D eigenvalue weighted by Gasteiger charge is -2.33. The number of carbonyl (C=O) groups is 3. The maximum Gasteiger partial charge on any atom is 0.326 e. The highest BCUT2D eigenvalue weighted by Crippen LogP contribution is 2.27. The van der Waals surface area contributed by atoms with Gasteiger partial charge >= 0.3 is 12.0 Å². The molecule has 0 spiro atoms. The lowest BCUT2D eigenvalue weighted by atomic mass is 9.96. The minimum absolute atomic E-state index is 0.0761. The molecule has 0 bridgehead atoms. The van der Waals surface area contributed by atoms with Crippen molar-refractivity contribution in [2.24, 2.45) is 5.92 Å². The zero-order valence-corrected chi connectivity index (χ0v) is 25.1. The average molecular weight is 600 g/mol. The Bertz CT molecular complexity index is 1260. The van der Waals surface area contributed by atoms with Crippen molar-refractivity contribution in [1.82, 2.24) is 30.0 Å². The zero-order valence-electron chi connectivity index (χ0n) is 25.1. The molecule has 43 heavy (non-hydrogen) atoms. The summed E-state index contributed by atoms with van der Waals surface area (Å²) in [5.41, 5.74) is 1.31. The molecule has 0 saturated carbocycles. The summed E-state index contributed by atoms with van der Waals surface area (Å²) in [6, 6.07) is 5.62. The van der Waals surface area contributed by atoms with Gasteiger partial charge in [-0.1, -0.05) is 12.1 Å². The van der Waals surface area contributed by atoms with Gasteiger partial charge in [0.15, 0.2) is 11.6 Å². The van der Waals surface area contributed by atoms with E-state index in [0.29, 0.717) is 56.8 Å². The summed E-state index contributed by atoms with van der Waals surface area (Å²) >= 11 is 0. The van der Waals surface area contributed by atoms with Crippen LogP contribution in [0.1, 0.15) is 18.4 Å². The number of aromatic nitrogens is 2. The van der Waals surface area contributed by atoms with Crippen LogP contribution in [0.3, 0.4) is 0 Å². The van der Waals surface area contributed by atoms with Gasteiger partial charge in [0.25, 0.3) is 0 Å². The number of likely N-dealkylation sites (N-methyl/N-ethyl adjacent to an activating group) is 2. The van der Waals surface area contributed by atoms with Gasteiger partial charge in [-0.05, 0) is 51.7 Å². The van der Waals surface area contributed by atoms with Crippen molar-refractivity contribution in [3.8, 4) is 0 Å². The number of piperidine rings is 1. The van der Waals surface area contributed by atoms with Gasteiger partial charge in [-0.25, -0.2) is 19.6 Å². The molecule has 3 heterocycles. The lowest BCUT2D eigenvalue weighted by Crippen LogP contribution is -2.49. The van der Waals surface area contributed by atoms with E-state index < -0.39 is 29.7 Å². The fraction of sp³-hybridized carbons (Fsp3) is 0.552. The smallest absolute Gasteiger partial charge is 0.326 e. The van der Waals surface area contributed by atoms with Crippen LogP contribution in [-0.4, -0.2) is 127 Å². The summed E-state index contributed by atoms with van der Waals surface area (Å²) in [5.74, 6) is -2.42. The number of nitrogens with one attached hydrogen (secondary N) is 3. The summed E-state index contributed by atoms with van der Waals surface area (Å²) in [7, 11) is 5.86. The highest BCUT2D eigenvalue weighted by atomic mass is 19.1. The molecule has 4 N–H and O–H groups in total. The first-order valence-electron chi connectivity index (χ1n) is 14.6. The molecule has 2 aliphatic rings. The Balaban J connectivity index is 1.32. The maximum atomic E-state index is 15.2. The Hall–Kier alpha value is -4.04. The molecule has 0 radical (unpaired) electrons. The fourth-order valence-electron chi connectivity index (χ4n) is 5.15. The Morgan fingerprint density at radius 2 is 1.81 bits per heavy atom. The molecular formula is C29H42FN9O4. The van der Waals surface area contributed by atoms with Gasteiger partial charge < -0.3 is 40.7 Å². The van der Waals surface area contributed by atoms with Crippen LogP contribution in [0.15, 0.2) is 30.6 Å². The minimum Gasteiger partial charge on any atom is -0.480 e. The van der Waals surface area contributed by atoms with E-state index in [4.69, 9.17) is 0 Å². The molecule has 234 valence electrons. The zero-order chi connectivity index (χ0) is 30.9. The number of rotatable bonds is 11. The van der Waals surface area contributed by atoms with E-state index >= 15 is 4.39 Å². The quantitative estimate of drug-likeness (QED) is 0.299. The van der Waals surface area contributed by atoms with Crippen molar-refractivity contribution in [3.05, 3.63) is 42.0 Å². The van der Waals surface area contributed by atoms with Gasteiger partial charge in [-0.3, -0.25) is 4.79 Å². The summed E-state index contributed by atoms with van der Waals surface area (Å²) in [6.07, 6.45) is 2.55. The van der Waals surface area contributed by atoms with E-state index in [1.165, 1.54) is 6.33 Å². The topological polar surface area (TPSA) is 146 Å². The summed E-state index contributed by atoms with van der Waals surface area (Å²) in [4.78, 5) is 53.5. The molecular weight excluding hydrogens is 557 g/mol. The molecule has 13 nitrogen and oxygen atoms in total. The standard InChI is InChI=1S/C29H42FN9O4/c1-36(2)12-10-31-25-24(30)26(33-19-32-25)39-11-4-5-21(18-39)27(40)35-23(28(41)42)17-20-6-8-22(9-7-20)34-29(43)38-15-13-37(3)14-16-38/h6-9,19,21,23H,4-5,10-18H2,1-3H3,(H,34,43)(H,35,40)(H,41,42)(H,31,32,33)/t21?,23-/m0/s1. The predicted octanol–water partition coefficient (Wildman–Crippen LogP) is 1.40. The van der Waals surface area contributed by atoms with Gasteiger partial charge in [0, 0.05) is 64.5 Å². The van der Waals surface area contributed by atoms with Gasteiger partial charge in [-0.2, -0.15) is 4.39 Å². The van der Waals surface area contributed by atoms with Crippen LogP contribution in [0.4, 0.5) is 26.5 Å². The van der Waals surface area contributed by atoms with Crippen LogP contribution in [0.25, 0.3) is 0 Å². The summed E-state index contributed by atoms with van der Waals surface area (Å²) in [5, 5.41) is 18.4. The van der Waals surface area contributed by atoms with E-state index in [2.05, 4.69) is 30.8 Å². The second kappa shape index (κ2) is 14.9. The molecule has 1 aromatic carbocycles. The molecule has 1 aromatic heterocycles. The number of aliphatic carboxylic acids is 1. The van der Waals surface area contributed by atoms with Gasteiger partial charge in [0.1, 0.15) is 12.4 Å². The van der Waals surface area contributed by atoms with Gasteiger partial charge in [0.2, 0.25) is 11.7 Å². The van der Waals surface area contributed by atoms with Crippen molar-refractivity contribution in [1.29, 1.82) is 0 Å². The number of anilines is 3. The van der Waals surface area contributed by atoms with E-state index in [9.17, 15) is 19.5 Å². The fourth-order valence-corrected chi connectivity index (χ4v) is 5.15. The van der Waals surface area contributed by atoms with Crippen LogP contribution in [0.2, 0.25) is 0 Å². The molecule has 4 rings (SSSR count). The third-order valence-corrected chi connectivity index (χ3v) is 7.76. The molecule has 2 aromatic rings. The number of carbonyl (C=O) groups excluding carboxylic acids is 2. The molecule has 2 atom stereocenters. The monoisotopic (exact) mass is 599 g/mol. The number of carboxylic acids is 1. The molecule has 2 saturated heterocycles. The number of hydrogen-bond donors (Lipinski definition) is 4. The summed E-state index contributed by atoms with van der Waals surface area (Å²) in [6.45, 7) is 4.90. The molecule has 1 unspecified atom stereocenters. The number of piperazine rings is 1. The third-order valence-electron chi connectivity index (χ3n) is 7.76. The first-order valence-corrected chi connectivity index (χ1v) is 14.6. The number of hydrogen-bond acceptors (Lipinski definition) is 9. The van der Waals surface area contributed by atoms with Crippen LogP contribution in [0, 0.1) is 11.7 Å². The SMILES string of the molecule is CN(C)CCNc1ncnc(N2CCCC(C(=O)N[C@@H](Cc3ccc(NC(=O)N4CCN(C)CC4)cc3)C(=O)O)C2)c1F. The van der Waals surface area contributed by atoms with Gasteiger partial charge in [-0.15, -0.1) is 0 Å². The highest BCUT2D eigenvalue weighted by molar-refractivity contribution is 5.89. The maximum absolute atomic E-state index is 15.2. The van der Waals surface area contributed by atoms with Gasteiger partial charge in [0.05, 0.1) is 5.92 Å². The third kappa shape index (κ3) is 8.97. The Labute approximate surface area is 251 Å². The number of carboxylic acid groups (broad SMARTS) is 1.